The summed E-state index contributed by atoms with van der Waals surface area (Å²) in [6.07, 6.45) is 2.47. The van der Waals surface area contributed by atoms with E-state index in [4.69, 9.17) is 37.4 Å². The lowest BCUT2D eigenvalue weighted by Crippen LogP contribution is -2.45. The Balaban J connectivity index is 1.26. The van der Waals surface area contributed by atoms with Gasteiger partial charge in [0, 0.05) is 34.9 Å². The summed E-state index contributed by atoms with van der Waals surface area (Å²) in [6, 6.07) is 17.3. The number of aromatic nitrogens is 1. The summed E-state index contributed by atoms with van der Waals surface area (Å²) in [7, 11) is 1.28. The Morgan fingerprint density at radius 2 is 1.91 bits per heavy atom. The summed E-state index contributed by atoms with van der Waals surface area (Å²) >= 11 is 12.3. The Kier molecular flexibility index (Phi) is 10.4. The van der Waals surface area contributed by atoms with Gasteiger partial charge >= 0.3 is 12.0 Å². The van der Waals surface area contributed by atoms with Crippen molar-refractivity contribution < 1.29 is 28.9 Å². The summed E-state index contributed by atoms with van der Waals surface area (Å²) in [4.78, 5) is 24.7. The van der Waals surface area contributed by atoms with Crippen LogP contribution in [0.15, 0.2) is 83.2 Å². The number of amides is 2. The number of ether oxygens (including phenoxy) is 3. The van der Waals surface area contributed by atoms with Crippen molar-refractivity contribution in [1.29, 1.82) is 0 Å². The SMILES string of the molecule is CCOc1cc([C@@H]2NC(=O)NC(C)=C2C(=O)OC)ccc1OC[C@@H](O)N/N=C/c1cn(Cc2ccc(Cl)c(Cl)c2)c2ccccc12. The summed E-state index contributed by atoms with van der Waals surface area (Å²) in [5, 5.41) is 22.2. The molecular weight excluding hydrogens is 633 g/mol. The number of para-hydroxylation sites is 1. The second kappa shape index (κ2) is 14.6. The van der Waals surface area contributed by atoms with Crippen molar-refractivity contribution in [3.05, 3.63) is 105 Å². The lowest BCUT2D eigenvalue weighted by atomic mass is 9.95. The highest BCUT2D eigenvalue weighted by atomic mass is 35.5. The number of benzene rings is 3. The van der Waals surface area contributed by atoms with Crippen LogP contribution in [0.5, 0.6) is 11.5 Å². The van der Waals surface area contributed by atoms with Crippen molar-refractivity contribution in [2.45, 2.75) is 32.7 Å². The number of hydrazone groups is 1. The molecule has 0 fully saturated rings. The van der Waals surface area contributed by atoms with Gasteiger partial charge in [-0.3, -0.25) is 5.43 Å². The number of allylic oxidation sites excluding steroid dienone is 1. The maximum Gasteiger partial charge on any atom is 0.337 e. The maximum atomic E-state index is 12.5. The van der Waals surface area contributed by atoms with Gasteiger partial charge in [-0.2, -0.15) is 5.10 Å². The smallest absolute Gasteiger partial charge is 0.337 e. The first-order valence-electron chi connectivity index (χ1n) is 14.4. The Labute approximate surface area is 275 Å². The number of halogens is 2. The molecule has 0 bridgehead atoms. The molecule has 1 aromatic heterocycles. The van der Waals surface area contributed by atoms with Crippen LogP contribution in [0.4, 0.5) is 4.79 Å². The zero-order valence-electron chi connectivity index (χ0n) is 25.3. The van der Waals surface area contributed by atoms with Gasteiger partial charge in [0.1, 0.15) is 6.61 Å². The van der Waals surface area contributed by atoms with Crippen LogP contribution in [0.25, 0.3) is 10.9 Å². The molecule has 0 aliphatic carbocycles. The Morgan fingerprint density at radius 3 is 2.67 bits per heavy atom. The normalized spacial score (nSPS) is 15.4. The van der Waals surface area contributed by atoms with Crippen molar-refractivity contribution in [3.63, 3.8) is 0 Å². The number of hydrogen-bond donors (Lipinski definition) is 4. The van der Waals surface area contributed by atoms with Crippen molar-refractivity contribution >= 4 is 52.3 Å². The van der Waals surface area contributed by atoms with Crippen molar-refractivity contribution in [1.82, 2.24) is 20.6 Å². The Morgan fingerprint density at radius 1 is 1.11 bits per heavy atom. The fourth-order valence-electron chi connectivity index (χ4n) is 5.16. The molecule has 1 aliphatic heterocycles. The molecule has 4 N–H and O–H groups in total. The van der Waals surface area contributed by atoms with E-state index in [1.807, 2.05) is 49.5 Å². The summed E-state index contributed by atoms with van der Waals surface area (Å²) in [5.74, 6) is 0.167. The van der Waals surface area contributed by atoms with E-state index in [-0.39, 0.29) is 12.2 Å². The molecule has 0 saturated heterocycles. The third-order valence-corrected chi connectivity index (χ3v) is 7.99. The third-order valence-electron chi connectivity index (χ3n) is 7.26. The molecule has 0 spiro atoms. The number of aliphatic hydroxyl groups excluding tert-OH is 1. The molecular formula is C33H33Cl2N5O6. The largest absolute Gasteiger partial charge is 0.490 e. The quantitative estimate of drug-likeness (QED) is 0.0678. The van der Waals surface area contributed by atoms with E-state index in [1.165, 1.54) is 7.11 Å². The maximum absolute atomic E-state index is 12.5. The molecule has 4 aromatic rings. The zero-order valence-corrected chi connectivity index (χ0v) is 26.9. The van der Waals surface area contributed by atoms with E-state index in [9.17, 15) is 14.7 Å². The van der Waals surface area contributed by atoms with E-state index < -0.39 is 24.3 Å². The van der Waals surface area contributed by atoms with Crippen LogP contribution >= 0.6 is 23.2 Å². The fraction of sp³-hybridized carbons (Fsp3) is 0.242. The first kappa shape index (κ1) is 32.7. The Hall–Kier alpha value is -4.71. The van der Waals surface area contributed by atoms with Gasteiger partial charge in [-0.25, -0.2) is 9.59 Å². The number of carbonyl (C=O) groups excluding carboxylic acids is 2. The standard InChI is InChI=1S/C33H33Cl2N5O6/c1-4-45-28-14-21(31-30(32(42)44-3)19(2)37-33(43)38-31)10-12-27(28)46-18-29(41)39-36-15-22-17-40(26-8-6-5-7-23(22)26)16-20-9-11-24(34)25(35)13-20/h5-15,17,29,31,39,41H,4,16,18H2,1-3H3,(H2,37,38,43)/b36-15+/t29-,31+/m1/s1. The average Bonchev–Trinajstić information content (AvgIpc) is 3.38. The molecule has 0 radical (unpaired) electrons. The summed E-state index contributed by atoms with van der Waals surface area (Å²) in [6.45, 7) is 4.22. The lowest BCUT2D eigenvalue weighted by molar-refractivity contribution is -0.136. The van der Waals surface area contributed by atoms with Crippen LogP contribution in [0.2, 0.25) is 10.0 Å². The molecule has 0 saturated carbocycles. The topological polar surface area (TPSA) is 135 Å². The van der Waals surface area contributed by atoms with E-state index in [1.54, 1.807) is 37.4 Å². The molecule has 11 nitrogen and oxygen atoms in total. The number of hydrogen-bond acceptors (Lipinski definition) is 8. The minimum absolute atomic E-state index is 0.146. The zero-order chi connectivity index (χ0) is 32.8. The molecule has 46 heavy (non-hydrogen) atoms. The van der Waals surface area contributed by atoms with Gasteiger partial charge in [-0.15, -0.1) is 0 Å². The highest BCUT2D eigenvalue weighted by Gasteiger charge is 2.32. The van der Waals surface area contributed by atoms with Crippen LogP contribution in [-0.2, 0) is 16.1 Å². The highest BCUT2D eigenvalue weighted by Crippen LogP contribution is 2.35. The van der Waals surface area contributed by atoms with Gasteiger partial charge in [0.2, 0.25) is 0 Å². The van der Waals surface area contributed by atoms with E-state index in [2.05, 4.69) is 25.7 Å². The predicted octanol–water partition coefficient (Wildman–Crippen LogP) is 5.52. The number of carbonyl (C=O) groups is 2. The molecule has 13 heteroatoms. The van der Waals surface area contributed by atoms with Crippen molar-refractivity contribution in [2.24, 2.45) is 5.10 Å². The molecule has 0 unspecified atom stereocenters. The predicted molar refractivity (Wildman–Crippen MR) is 176 cm³/mol. The van der Waals surface area contributed by atoms with E-state index >= 15 is 0 Å². The number of nitrogens with one attached hydrogen (secondary N) is 3. The summed E-state index contributed by atoms with van der Waals surface area (Å²) in [5.41, 5.74) is 6.81. The number of fused-ring (bicyclic) bond motifs is 1. The lowest BCUT2D eigenvalue weighted by Gasteiger charge is -2.28. The van der Waals surface area contributed by atoms with Crippen LogP contribution in [0.1, 0.15) is 36.6 Å². The monoisotopic (exact) mass is 665 g/mol. The average molecular weight is 667 g/mol. The van der Waals surface area contributed by atoms with Gasteiger partial charge in [0.15, 0.2) is 17.7 Å². The van der Waals surface area contributed by atoms with E-state index in [0.717, 1.165) is 22.0 Å². The second-order valence-electron chi connectivity index (χ2n) is 10.4. The highest BCUT2D eigenvalue weighted by molar-refractivity contribution is 6.42. The fourth-order valence-corrected chi connectivity index (χ4v) is 5.48. The van der Waals surface area contributed by atoms with Crippen LogP contribution in [0.3, 0.4) is 0 Å². The van der Waals surface area contributed by atoms with Gasteiger partial charge in [0.25, 0.3) is 0 Å². The minimum Gasteiger partial charge on any atom is -0.490 e. The molecule has 2 atom stereocenters. The molecule has 5 rings (SSSR count). The Bertz CT molecular complexity index is 1820. The molecule has 2 heterocycles. The first-order valence-corrected chi connectivity index (χ1v) is 15.2. The number of esters is 1. The molecule has 1 aliphatic rings. The van der Waals surface area contributed by atoms with Gasteiger partial charge in [-0.05, 0) is 55.3 Å². The summed E-state index contributed by atoms with van der Waals surface area (Å²) < 4.78 is 18.7. The molecule has 3 aromatic carbocycles. The van der Waals surface area contributed by atoms with Crippen LogP contribution in [0, 0.1) is 0 Å². The first-order chi connectivity index (χ1) is 22.2. The minimum atomic E-state index is -1.14. The molecule has 240 valence electrons. The second-order valence-corrected chi connectivity index (χ2v) is 11.2. The van der Waals surface area contributed by atoms with Crippen molar-refractivity contribution in [3.8, 4) is 11.5 Å². The molecule has 2 amide bonds. The number of aliphatic hydroxyl groups is 1. The van der Waals surface area contributed by atoms with Crippen LogP contribution in [-0.4, -0.2) is 54.4 Å². The van der Waals surface area contributed by atoms with Gasteiger partial charge < -0.3 is 34.5 Å². The number of urea groups is 1. The van der Waals surface area contributed by atoms with Crippen molar-refractivity contribution in [2.75, 3.05) is 20.3 Å². The number of nitrogens with zero attached hydrogens (tertiary/aromatic N) is 2. The number of methoxy groups -OCH3 is 1. The van der Waals surface area contributed by atoms with Gasteiger partial charge in [0.05, 0.1) is 41.6 Å². The third kappa shape index (κ3) is 7.39. The number of rotatable bonds is 12. The van der Waals surface area contributed by atoms with Gasteiger partial charge in [-0.1, -0.05) is 53.5 Å². The van der Waals surface area contributed by atoms with E-state index in [0.29, 0.717) is 46.0 Å². The van der Waals surface area contributed by atoms with Crippen LogP contribution < -0.4 is 25.5 Å².